The SMILES string of the molecule is C=C(C)[C@@H]1CC[C@]2(C(=O)NCCCCCCCC(=O)N[C@@H](CC(=O)O)c3ccccc3)CC[C@]3(C)[C@H](CC[C@@H]4[C@@]5(C)CC[C@H](O)C(C)(C)[C@@H]5CC[C@]43C)[C@@H]12. The van der Waals surface area contributed by atoms with Crippen molar-refractivity contribution in [1.82, 2.24) is 10.6 Å². The zero-order chi connectivity index (χ0) is 39.1. The van der Waals surface area contributed by atoms with E-state index in [4.69, 9.17) is 0 Å². The Balaban J connectivity index is 1.03. The van der Waals surface area contributed by atoms with Crippen LogP contribution in [0.25, 0.3) is 0 Å². The fourth-order valence-electron chi connectivity index (χ4n) is 14.2. The molecular weight excluding hydrogens is 673 g/mol. The first-order valence-corrected chi connectivity index (χ1v) is 21.7. The van der Waals surface area contributed by atoms with Crippen molar-refractivity contribution in [3.63, 3.8) is 0 Å². The lowest BCUT2D eigenvalue weighted by Gasteiger charge is -2.72. The fourth-order valence-corrected chi connectivity index (χ4v) is 14.2. The number of allylic oxidation sites excluding steroid dienone is 1. The third-order valence-corrected chi connectivity index (χ3v) is 17.3. The summed E-state index contributed by atoms with van der Waals surface area (Å²) in [7, 11) is 0. The van der Waals surface area contributed by atoms with Gasteiger partial charge in [0.1, 0.15) is 0 Å². The van der Waals surface area contributed by atoms with Gasteiger partial charge in [0.05, 0.1) is 24.0 Å². The van der Waals surface area contributed by atoms with E-state index in [1.54, 1.807) is 0 Å². The number of fused-ring (bicyclic) bond motifs is 7. The van der Waals surface area contributed by atoms with Gasteiger partial charge < -0.3 is 20.8 Å². The molecule has 5 saturated carbocycles. The Kier molecular flexibility index (Phi) is 11.9. The Morgan fingerprint density at radius 3 is 2.22 bits per heavy atom. The predicted octanol–water partition coefficient (Wildman–Crippen LogP) is 9.79. The highest BCUT2D eigenvalue weighted by atomic mass is 16.4. The maximum Gasteiger partial charge on any atom is 0.305 e. The summed E-state index contributed by atoms with van der Waals surface area (Å²) in [5.74, 6) is 1.73. The molecule has 4 N–H and O–H groups in total. The number of hydrogen-bond donors (Lipinski definition) is 4. The number of aliphatic carboxylic acids is 1. The average molecular weight is 745 g/mol. The number of hydrogen-bond acceptors (Lipinski definition) is 4. The van der Waals surface area contributed by atoms with Crippen molar-refractivity contribution in [2.45, 2.75) is 163 Å². The zero-order valence-corrected chi connectivity index (χ0v) is 34.5. The predicted molar refractivity (Wildman–Crippen MR) is 215 cm³/mol. The summed E-state index contributed by atoms with van der Waals surface area (Å²) in [5, 5.41) is 26.8. The molecule has 0 spiro atoms. The van der Waals surface area contributed by atoms with E-state index < -0.39 is 12.0 Å². The number of carbonyl (C=O) groups excluding carboxylic acids is 2. The van der Waals surface area contributed by atoms with Crippen molar-refractivity contribution >= 4 is 17.8 Å². The van der Waals surface area contributed by atoms with E-state index in [9.17, 15) is 24.6 Å². The summed E-state index contributed by atoms with van der Waals surface area (Å²) in [4.78, 5) is 38.5. The number of aliphatic hydroxyl groups excluding tert-OH is 1. The third-order valence-electron chi connectivity index (χ3n) is 17.3. The summed E-state index contributed by atoms with van der Waals surface area (Å²) in [6.45, 7) is 20.0. The van der Waals surface area contributed by atoms with E-state index in [2.05, 4.69) is 58.8 Å². The highest BCUT2D eigenvalue weighted by Crippen LogP contribution is 2.77. The minimum Gasteiger partial charge on any atom is -0.481 e. The maximum atomic E-state index is 14.5. The average Bonchev–Trinajstić information content (AvgIpc) is 3.53. The third kappa shape index (κ3) is 7.11. The van der Waals surface area contributed by atoms with E-state index in [1.165, 1.54) is 31.3 Å². The van der Waals surface area contributed by atoms with Crippen LogP contribution < -0.4 is 10.6 Å². The number of carboxylic acids is 1. The Hall–Kier alpha value is -2.67. The van der Waals surface area contributed by atoms with Gasteiger partial charge in [-0.2, -0.15) is 0 Å². The molecule has 300 valence electrons. The Bertz CT molecular complexity index is 1540. The topological polar surface area (TPSA) is 116 Å². The van der Waals surface area contributed by atoms with Crippen LogP contribution in [-0.2, 0) is 14.4 Å². The number of nitrogens with one attached hydrogen (secondary N) is 2. The minimum absolute atomic E-state index is 0.0454. The quantitative estimate of drug-likeness (QED) is 0.112. The zero-order valence-electron chi connectivity index (χ0n) is 34.5. The molecule has 5 aliphatic carbocycles. The molecule has 11 atom stereocenters. The van der Waals surface area contributed by atoms with Crippen LogP contribution in [0, 0.1) is 56.7 Å². The van der Waals surface area contributed by atoms with Gasteiger partial charge in [-0.15, -0.1) is 0 Å². The summed E-state index contributed by atoms with van der Waals surface area (Å²) in [5.41, 5.74) is 2.38. The maximum absolute atomic E-state index is 14.5. The molecule has 7 nitrogen and oxygen atoms in total. The molecule has 0 saturated heterocycles. The smallest absolute Gasteiger partial charge is 0.305 e. The lowest BCUT2D eigenvalue weighted by Crippen LogP contribution is -2.67. The number of rotatable bonds is 14. The Morgan fingerprint density at radius 2 is 1.52 bits per heavy atom. The van der Waals surface area contributed by atoms with Crippen LogP contribution in [0.5, 0.6) is 0 Å². The van der Waals surface area contributed by atoms with Crippen LogP contribution in [0.3, 0.4) is 0 Å². The molecule has 1 aromatic carbocycles. The van der Waals surface area contributed by atoms with E-state index >= 15 is 0 Å². The fraction of sp³-hybridized carbons (Fsp3) is 0.766. The summed E-state index contributed by atoms with van der Waals surface area (Å²) in [6.07, 6.45) is 15.7. The first-order chi connectivity index (χ1) is 25.5. The second-order valence-corrected chi connectivity index (χ2v) is 20.1. The number of unbranched alkanes of at least 4 members (excludes halogenated alkanes) is 4. The number of amides is 2. The van der Waals surface area contributed by atoms with Gasteiger partial charge in [0.2, 0.25) is 11.8 Å². The van der Waals surface area contributed by atoms with Gasteiger partial charge in [-0.3, -0.25) is 14.4 Å². The second-order valence-electron chi connectivity index (χ2n) is 20.1. The second kappa shape index (κ2) is 15.7. The molecule has 1 aromatic rings. The van der Waals surface area contributed by atoms with Crippen molar-refractivity contribution < 1.29 is 24.6 Å². The monoisotopic (exact) mass is 745 g/mol. The van der Waals surface area contributed by atoms with Gasteiger partial charge in [-0.05, 0) is 141 Å². The molecule has 2 amide bonds. The van der Waals surface area contributed by atoms with Gasteiger partial charge in [0.15, 0.2) is 0 Å². The summed E-state index contributed by atoms with van der Waals surface area (Å²) < 4.78 is 0. The number of carbonyl (C=O) groups is 3. The van der Waals surface area contributed by atoms with Gasteiger partial charge in [0.25, 0.3) is 0 Å². The van der Waals surface area contributed by atoms with Crippen molar-refractivity contribution in [1.29, 1.82) is 0 Å². The highest BCUT2D eigenvalue weighted by molar-refractivity contribution is 5.84. The van der Waals surface area contributed by atoms with Crippen molar-refractivity contribution in [3.8, 4) is 0 Å². The lowest BCUT2D eigenvalue weighted by molar-refractivity contribution is -0.246. The first kappa shape index (κ1) is 41.0. The molecule has 5 aliphatic rings. The van der Waals surface area contributed by atoms with Crippen LogP contribution in [0.15, 0.2) is 42.5 Å². The van der Waals surface area contributed by atoms with Crippen LogP contribution in [0.4, 0.5) is 0 Å². The summed E-state index contributed by atoms with van der Waals surface area (Å²) in [6, 6.07) is 8.77. The van der Waals surface area contributed by atoms with Gasteiger partial charge in [-0.25, -0.2) is 0 Å². The van der Waals surface area contributed by atoms with Gasteiger partial charge >= 0.3 is 5.97 Å². The standard InChI is InChI=1S/C47H72N2O5/c1-31(2)33-21-26-47(42(54)48-29-15-10-8-9-14-18-39(51)49-35(30-40(52)53)32-16-12-11-13-17-32)28-27-45(6)34(41(33)47)19-20-37-44(5)24-23-38(50)43(3,4)36(44)22-25-46(37,45)7/h11-13,16-17,33-38,41,50H,1,8-10,14-15,18-30H2,2-7H3,(H,48,54)(H,49,51)(H,52,53)/t33-,34+,35-,36-,37+,38-,41+,44-,45+,46+,47-/m0/s1. The molecule has 0 aromatic heterocycles. The molecular formula is C47H72N2O5. The Morgan fingerprint density at radius 1 is 0.815 bits per heavy atom. The largest absolute Gasteiger partial charge is 0.481 e. The molecule has 0 bridgehead atoms. The van der Waals surface area contributed by atoms with Crippen LogP contribution in [0.1, 0.15) is 162 Å². The van der Waals surface area contributed by atoms with E-state index in [0.29, 0.717) is 42.6 Å². The van der Waals surface area contributed by atoms with Crippen LogP contribution >= 0.6 is 0 Å². The molecule has 0 radical (unpaired) electrons. The number of benzene rings is 1. The lowest BCUT2D eigenvalue weighted by atomic mass is 9.32. The first-order valence-electron chi connectivity index (χ1n) is 21.7. The molecule has 7 heteroatoms. The molecule has 0 unspecified atom stereocenters. The van der Waals surface area contributed by atoms with E-state index in [-0.39, 0.29) is 51.4 Å². The van der Waals surface area contributed by atoms with Gasteiger partial charge in [0, 0.05) is 13.0 Å². The molecule has 5 fully saturated rings. The Labute approximate surface area is 326 Å². The van der Waals surface area contributed by atoms with Gasteiger partial charge in [-0.1, -0.05) is 96.4 Å². The summed E-state index contributed by atoms with van der Waals surface area (Å²) >= 11 is 0. The minimum atomic E-state index is -0.934. The number of carboxylic acid groups (broad SMARTS) is 1. The van der Waals surface area contributed by atoms with E-state index in [1.807, 2.05) is 30.3 Å². The molecule has 6 rings (SSSR count). The van der Waals surface area contributed by atoms with E-state index in [0.717, 1.165) is 76.2 Å². The van der Waals surface area contributed by atoms with Crippen molar-refractivity contribution in [2.24, 2.45) is 56.7 Å². The number of aliphatic hydroxyl groups is 1. The normalized spacial score (nSPS) is 38.5. The van der Waals surface area contributed by atoms with Crippen LogP contribution in [0.2, 0.25) is 0 Å². The van der Waals surface area contributed by atoms with Crippen LogP contribution in [-0.4, -0.2) is 40.6 Å². The highest BCUT2D eigenvalue weighted by Gasteiger charge is 2.71. The molecule has 54 heavy (non-hydrogen) atoms. The molecule has 0 aliphatic heterocycles. The van der Waals surface area contributed by atoms with Crippen molar-refractivity contribution in [2.75, 3.05) is 6.54 Å². The molecule has 0 heterocycles. The van der Waals surface area contributed by atoms with Crippen molar-refractivity contribution in [3.05, 3.63) is 48.0 Å².